The van der Waals surface area contributed by atoms with Gasteiger partial charge in [0.1, 0.15) is 0 Å². The Bertz CT molecular complexity index is 2250. The van der Waals surface area contributed by atoms with Crippen LogP contribution in [-0.4, -0.2) is 0 Å². The molecule has 0 bridgehead atoms. The average molecular weight is 582 g/mol. The van der Waals surface area contributed by atoms with Gasteiger partial charge in [-0.25, -0.2) is 0 Å². The molecule has 0 radical (unpaired) electrons. The van der Waals surface area contributed by atoms with E-state index in [1.165, 1.54) is 64.7 Å². The van der Waals surface area contributed by atoms with Gasteiger partial charge in [0.25, 0.3) is 0 Å². The molecular formula is C42H31NS. The summed E-state index contributed by atoms with van der Waals surface area (Å²) < 4.78 is 2.65. The smallest absolute Gasteiger partial charge is 0.0995 e. The van der Waals surface area contributed by atoms with Gasteiger partial charge in [0.2, 0.25) is 0 Å². The minimum Gasteiger partial charge on any atom is -0.192 e. The van der Waals surface area contributed by atoms with Gasteiger partial charge in [-0.1, -0.05) is 118 Å². The molecule has 44 heavy (non-hydrogen) atoms. The third-order valence-electron chi connectivity index (χ3n) is 9.80. The highest BCUT2D eigenvalue weighted by Crippen LogP contribution is 2.54. The van der Waals surface area contributed by atoms with Gasteiger partial charge in [0.15, 0.2) is 0 Å². The number of hydrogen-bond acceptors (Lipinski definition) is 2. The lowest BCUT2D eigenvalue weighted by molar-refractivity contribution is 0.661. The van der Waals surface area contributed by atoms with Crippen LogP contribution in [0.1, 0.15) is 60.1 Å². The molecule has 0 unspecified atom stereocenters. The van der Waals surface area contributed by atoms with Crippen molar-refractivity contribution in [1.82, 2.24) is 0 Å². The quantitative estimate of drug-likeness (QED) is 0.190. The van der Waals surface area contributed by atoms with Gasteiger partial charge in [-0.15, -0.1) is 11.3 Å². The van der Waals surface area contributed by atoms with Crippen LogP contribution in [0.15, 0.2) is 127 Å². The van der Waals surface area contributed by atoms with Crippen molar-refractivity contribution in [2.75, 3.05) is 0 Å². The van der Waals surface area contributed by atoms with E-state index in [1.54, 1.807) is 0 Å². The van der Waals surface area contributed by atoms with Crippen LogP contribution >= 0.6 is 11.3 Å². The molecule has 2 heteroatoms. The van der Waals surface area contributed by atoms with E-state index in [-0.39, 0.29) is 11.3 Å². The highest BCUT2D eigenvalue weighted by Gasteiger charge is 2.37. The highest BCUT2D eigenvalue weighted by atomic mass is 32.1. The number of benzene rings is 5. The number of rotatable bonds is 4. The summed E-state index contributed by atoms with van der Waals surface area (Å²) in [6, 6.07) is 37.6. The zero-order valence-corrected chi connectivity index (χ0v) is 25.9. The number of fused-ring (bicyclic) bond motifs is 8. The molecule has 0 saturated carbocycles. The Hall–Kier alpha value is -4.97. The maximum Gasteiger partial charge on any atom is 0.0995 e. The number of hydrogen-bond donors (Lipinski definition) is 0. The van der Waals surface area contributed by atoms with Crippen molar-refractivity contribution in [3.8, 4) is 28.3 Å². The van der Waals surface area contributed by atoms with E-state index in [9.17, 15) is 5.26 Å². The summed E-state index contributed by atoms with van der Waals surface area (Å²) in [4.78, 5) is 0. The predicted molar refractivity (Wildman–Crippen MR) is 187 cm³/mol. The largest absolute Gasteiger partial charge is 0.192 e. The SMILES string of the molecule is C=C/C=C\C1=C(C)c2ccc3c(sc4ccc(-c5cccc(C#N)c5C5c6ccccc6-c6ccccc65)cc43)c2C1(C)C. The topological polar surface area (TPSA) is 23.8 Å². The number of allylic oxidation sites excluding steroid dienone is 5. The minimum atomic E-state index is -0.0975. The first kappa shape index (κ1) is 26.6. The van der Waals surface area contributed by atoms with Crippen LogP contribution in [0.5, 0.6) is 0 Å². The predicted octanol–water partition coefficient (Wildman–Crippen LogP) is 11.6. The second-order valence-corrected chi connectivity index (χ2v) is 13.5. The molecule has 8 rings (SSSR count). The van der Waals surface area contributed by atoms with Crippen molar-refractivity contribution in [3.63, 3.8) is 0 Å². The third-order valence-corrected chi connectivity index (χ3v) is 11.0. The lowest BCUT2D eigenvalue weighted by Gasteiger charge is -2.23. The summed E-state index contributed by atoms with van der Waals surface area (Å²) >= 11 is 1.90. The van der Waals surface area contributed by atoms with E-state index in [4.69, 9.17) is 0 Å². The summed E-state index contributed by atoms with van der Waals surface area (Å²) in [5.74, 6) is 0.00308. The summed E-state index contributed by atoms with van der Waals surface area (Å²) in [6.45, 7) is 10.8. The molecule has 1 heterocycles. The molecular weight excluding hydrogens is 551 g/mol. The van der Waals surface area contributed by atoms with Gasteiger partial charge in [0, 0.05) is 31.5 Å². The average Bonchev–Trinajstić information content (AvgIpc) is 3.64. The van der Waals surface area contributed by atoms with E-state index in [1.807, 2.05) is 29.5 Å². The Labute approximate surface area is 262 Å². The Morgan fingerprint density at radius 3 is 2.20 bits per heavy atom. The second kappa shape index (κ2) is 9.78. The molecule has 2 aliphatic carbocycles. The fourth-order valence-electron chi connectivity index (χ4n) is 7.88. The molecule has 5 aromatic carbocycles. The summed E-state index contributed by atoms with van der Waals surface area (Å²) in [7, 11) is 0. The van der Waals surface area contributed by atoms with Gasteiger partial charge in [-0.05, 0) is 86.3 Å². The highest BCUT2D eigenvalue weighted by molar-refractivity contribution is 7.26. The first-order valence-corrected chi connectivity index (χ1v) is 16.0. The van der Waals surface area contributed by atoms with E-state index >= 15 is 0 Å². The van der Waals surface area contributed by atoms with E-state index < -0.39 is 0 Å². The minimum absolute atomic E-state index is 0.00308. The van der Waals surface area contributed by atoms with E-state index in [0.717, 1.165) is 22.3 Å². The Balaban J connectivity index is 1.34. The van der Waals surface area contributed by atoms with Gasteiger partial charge >= 0.3 is 0 Å². The maximum atomic E-state index is 10.4. The van der Waals surface area contributed by atoms with Crippen molar-refractivity contribution in [1.29, 1.82) is 5.26 Å². The standard InChI is InChI=1S/C42H31NS/c1-5-6-18-36-25(2)28-20-21-34-35-23-26(19-22-37(35)44-41(34)40(28)42(36,3)4)29-17-11-12-27(24-43)38(29)39-32-15-9-7-13-30(32)31-14-8-10-16-33(31)39/h5-23,39H,1H2,2-4H3/b18-6-. The van der Waals surface area contributed by atoms with Crippen LogP contribution in [0.3, 0.4) is 0 Å². The maximum absolute atomic E-state index is 10.4. The second-order valence-electron chi connectivity index (χ2n) is 12.4. The Morgan fingerprint density at radius 1 is 0.795 bits per heavy atom. The number of nitriles is 1. The van der Waals surface area contributed by atoms with Crippen molar-refractivity contribution >= 4 is 37.1 Å². The normalized spacial score (nSPS) is 15.1. The first-order chi connectivity index (χ1) is 21.4. The molecule has 2 aliphatic rings. The first-order valence-electron chi connectivity index (χ1n) is 15.2. The third kappa shape index (κ3) is 3.63. The Morgan fingerprint density at radius 2 is 1.50 bits per heavy atom. The molecule has 1 nitrogen and oxygen atoms in total. The molecule has 0 aliphatic heterocycles. The van der Waals surface area contributed by atoms with Gasteiger partial charge in [-0.2, -0.15) is 5.26 Å². The zero-order valence-electron chi connectivity index (χ0n) is 25.1. The fourth-order valence-corrected chi connectivity index (χ4v) is 9.27. The molecule has 1 aromatic heterocycles. The zero-order chi connectivity index (χ0) is 30.2. The van der Waals surface area contributed by atoms with Crippen LogP contribution < -0.4 is 0 Å². The summed E-state index contributed by atoms with van der Waals surface area (Å²) in [5.41, 5.74) is 14.5. The van der Waals surface area contributed by atoms with Crippen molar-refractivity contribution in [2.45, 2.75) is 32.1 Å². The van der Waals surface area contributed by atoms with Crippen molar-refractivity contribution in [2.24, 2.45) is 0 Å². The lowest BCUT2D eigenvalue weighted by Crippen LogP contribution is -2.16. The van der Waals surface area contributed by atoms with Gasteiger partial charge in [-0.3, -0.25) is 0 Å². The molecule has 0 saturated heterocycles. The number of thiophene rings is 1. The van der Waals surface area contributed by atoms with Gasteiger partial charge < -0.3 is 0 Å². The molecule has 210 valence electrons. The molecule has 0 amide bonds. The number of nitrogens with zero attached hydrogens (tertiary/aromatic N) is 1. The van der Waals surface area contributed by atoms with Crippen molar-refractivity contribution in [3.05, 3.63) is 161 Å². The van der Waals surface area contributed by atoms with Crippen LogP contribution in [0.25, 0.3) is 48.0 Å². The van der Waals surface area contributed by atoms with Crippen LogP contribution in [-0.2, 0) is 5.41 Å². The van der Waals surface area contributed by atoms with Crippen LogP contribution in [0.4, 0.5) is 0 Å². The van der Waals surface area contributed by atoms with Gasteiger partial charge in [0.05, 0.1) is 11.6 Å². The van der Waals surface area contributed by atoms with Crippen LogP contribution in [0.2, 0.25) is 0 Å². The van der Waals surface area contributed by atoms with E-state index in [2.05, 4.69) is 131 Å². The monoisotopic (exact) mass is 581 g/mol. The molecule has 6 aromatic rings. The van der Waals surface area contributed by atoms with Crippen molar-refractivity contribution < 1.29 is 0 Å². The van der Waals surface area contributed by atoms with Crippen LogP contribution in [0, 0.1) is 11.3 Å². The van der Waals surface area contributed by atoms with E-state index in [0.29, 0.717) is 0 Å². The molecule has 0 fully saturated rings. The fraction of sp³-hybridized carbons (Fsp3) is 0.119. The molecule has 0 spiro atoms. The Kier molecular flexibility index (Phi) is 5.92. The molecule has 0 N–H and O–H groups in total. The lowest BCUT2D eigenvalue weighted by atomic mass is 9.80. The summed E-state index contributed by atoms with van der Waals surface area (Å²) in [6.07, 6.45) is 6.13. The molecule has 0 atom stereocenters. The summed E-state index contributed by atoms with van der Waals surface area (Å²) in [5, 5.41) is 13.0.